The normalized spacial score (nSPS) is 15.7. The van der Waals surface area contributed by atoms with Gasteiger partial charge in [-0.05, 0) is 43.0 Å². The van der Waals surface area contributed by atoms with Crippen LogP contribution in [0.5, 0.6) is 0 Å². The van der Waals surface area contributed by atoms with Crippen LogP contribution >= 0.6 is 0 Å². The van der Waals surface area contributed by atoms with E-state index in [4.69, 9.17) is 0 Å². The van der Waals surface area contributed by atoms with Crippen LogP contribution in [0, 0.1) is 11.6 Å². The number of hydrogen-bond donors (Lipinski definition) is 0. The summed E-state index contributed by atoms with van der Waals surface area (Å²) in [5.41, 5.74) is 1.59. The first-order chi connectivity index (χ1) is 20.5. The number of piperazine rings is 1. The summed E-state index contributed by atoms with van der Waals surface area (Å²) in [6.07, 6.45) is 3.34. The highest BCUT2D eigenvalue weighted by Crippen LogP contribution is 2.39. The quantitative estimate of drug-likeness (QED) is 0.150. The lowest BCUT2D eigenvalue weighted by Gasteiger charge is -2.41. The lowest BCUT2D eigenvalue weighted by atomic mass is 10.00. The molecule has 1 unspecified atom stereocenters. The summed E-state index contributed by atoms with van der Waals surface area (Å²) in [6, 6.07) is 6.80. The number of hydrogen-bond acceptors (Lipinski definition) is 6. The van der Waals surface area contributed by atoms with Crippen molar-refractivity contribution in [1.82, 2.24) is 24.8 Å². The van der Waals surface area contributed by atoms with Gasteiger partial charge in [0.2, 0.25) is 12.3 Å². The first-order valence-corrected chi connectivity index (χ1v) is 14.2. The number of amides is 2. The fourth-order valence-corrected chi connectivity index (χ4v) is 5.38. The molecule has 2 amide bonds. The third kappa shape index (κ3) is 6.16. The van der Waals surface area contributed by atoms with Crippen LogP contribution in [0.25, 0.3) is 11.3 Å². The van der Waals surface area contributed by atoms with Crippen molar-refractivity contribution in [1.29, 1.82) is 0 Å². The zero-order valence-electron chi connectivity index (χ0n) is 25.4. The number of anilines is 2. The fourth-order valence-electron chi connectivity index (χ4n) is 5.38. The van der Waals surface area contributed by atoms with Crippen LogP contribution in [-0.2, 0) is 9.59 Å². The molecule has 1 aromatic carbocycles. The summed E-state index contributed by atoms with van der Waals surface area (Å²) in [4.78, 5) is 48.5. The molecule has 9 nitrogen and oxygen atoms in total. The average Bonchev–Trinajstić information content (AvgIpc) is 2.99. The highest BCUT2D eigenvalue weighted by atomic mass is 19.1. The van der Waals surface area contributed by atoms with Gasteiger partial charge in [-0.25, -0.2) is 23.7 Å². The largest absolute Gasteiger partial charge is 0.350 e. The first-order valence-electron chi connectivity index (χ1n) is 14.2. The molecular formula is C32H37F2N7O2. The minimum absolute atomic E-state index is 0.0453. The fraction of sp³-hybridized carbons (Fsp3) is 0.375. The van der Waals surface area contributed by atoms with Gasteiger partial charge in [0.15, 0.2) is 5.82 Å². The maximum absolute atomic E-state index is 16.0. The second kappa shape index (κ2) is 13.2. The Morgan fingerprint density at radius 3 is 2.28 bits per heavy atom. The molecule has 1 aliphatic heterocycles. The van der Waals surface area contributed by atoms with Gasteiger partial charge in [0, 0.05) is 38.3 Å². The molecule has 1 aliphatic rings. The number of halogens is 2. The molecule has 11 heteroatoms. The van der Waals surface area contributed by atoms with E-state index in [-0.39, 0.29) is 46.4 Å². The van der Waals surface area contributed by atoms with Crippen molar-refractivity contribution in [3.8, 4) is 11.3 Å². The smallest absolute Gasteiger partial charge is 0.246 e. The highest BCUT2D eigenvalue weighted by molar-refractivity contribution is 6.06. The predicted octanol–water partition coefficient (Wildman–Crippen LogP) is 5.45. The van der Waals surface area contributed by atoms with Gasteiger partial charge in [0.25, 0.3) is 0 Å². The van der Waals surface area contributed by atoms with Gasteiger partial charge in [-0.15, -0.1) is 0 Å². The summed E-state index contributed by atoms with van der Waals surface area (Å²) in [5.74, 6) is -1.36. The van der Waals surface area contributed by atoms with E-state index in [9.17, 15) is 14.0 Å². The molecule has 3 heterocycles. The Morgan fingerprint density at radius 1 is 1.09 bits per heavy atom. The lowest BCUT2D eigenvalue weighted by molar-refractivity contribution is -0.128. The zero-order chi connectivity index (χ0) is 31.4. The van der Waals surface area contributed by atoms with Crippen LogP contribution in [0.1, 0.15) is 63.4 Å². The van der Waals surface area contributed by atoms with E-state index in [0.717, 1.165) is 0 Å². The third-order valence-corrected chi connectivity index (χ3v) is 7.47. The van der Waals surface area contributed by atoms with Crippen LogP contribution in [0.15, 0.2) is 54.3 Å². The minimum Gasteiger partial charge on any atom is -0.350 e. The predicted molar refractivity (Wildman–Crippen MR) is 163 cm³/mol. The number of carbonyl (C=O) groups is 2. The number of pyridine rings is 1. The monoisotopic (exact) mass is 589 g/mol. The van der Waals surface area contributed by atoms with Gasteiger partial charge in [-0.1, -0.05) is 46.4 Å². The van der Waals surface area contributed by atoms with Gasteiger partial charge in [-0.3, -0.25) is 19.5 Å². The van der Waals surface area contributed by atoms with Crippen LogP contribution in [0.4, 0.5) is 20.3 Å². The lowest BCUT2D eigenvalue weighted by Crippen LogP contribution is -2.55. The molecule has 3 aromatic rings. The summed E-state index contributed by atoms with van der Waals surface area (Å²) in [6.45, 7) is 14.5. The molecule has 0 radical (unpaired) electrons. The Bertz CT molecular complexity index is 1530. The molecule has 0 aliphatic carbocycles. The van der Waals surface area contributed by atoms with Crippen molar-refractivity contribution in [2.75, 3.05) is 31.6 Å². The molecule has 4 rings (SSSR count). The molecule has 0 spiro atoms. The molecule has 226 valence electrons. The van der Waals surface area contributed by atoms with Crippen molar-refractivity contribution in [2.24, 2.45) is 4.99 Å². The standard InChI is InChI=1S/C32H37F2N7O2/c1-8-26(43)39-13-14-40(21(6)16-39)31(35-7)23-15-25(34)29(22-11-9-10-12-24(22)33)38-32(23)41(18-42)30-27(19(2)3)36-17-37-28(30)20(4)5/h8-12,15,17-21H,1,13-14,16H2,2-7H3/b35-31+. The molecular weight excluding hydrogens is 552 g/mol. The molecule has 43 heavy (non-hydrogen) atoms. The van der Waals surface area contributed by atoms with Crippen molar-refractivity contribution < 1.29 is 18.4 Å². The topological polar surface area (TPSA) is 94.9 Å². The number of aromatic nitrogens is 3. The molecule has 1 fully saturated rings. The number of carbonyl (C=O) groups excluding carboxylic acids is 2. The number of benzene rings is 1. The van der Waals surface area contributed by atoms with Crippen LogP contribution in [-0.4, -0.2) is 75.6 Å². The van der Waals surface area contributed by atoms with E-state index in [1.165, 1.54) is 41.6 Å². The Morgan fingerprint density at radius 2 is 1.74 bits per heavy atom. The van der Waals surface area contributed by atoms with Gasteiger partial charge >= 0.3 is 0 Å². The van der Waals surface area contributed by atoms with Crippen molar-refractivity contribution >= 4 is 29.7 Å². The van der Waals surface area contributed by atoms with E-state index in [1.807, 2.05) is 39.5 Å². The SMILES string of the molecule is C=CC(=O)N1CCN(/C(=N/C)c2cc(F)c(-c3ccccc3F)nc2N(C=O)c2c(C(C)C)ncnc2C(C)C)C(C)C1. The Balaban J connectivity index is 1.99. The molecule has 1 saturated heterocycles. The van der Waals surface area contributed by atoms with Crippen LogP contribution in [0.3, 0.4) is 0 Å². The highest BCUT2D eigenvalue weighted by Gasteiger charge is 2.33. The van der Waals surface area contributed by atoms with Crippen molar-refractivity contribution in [3.05, 3.63) is 77.9 Å². The van der Waals surface area contributed by atoms with Gasteiger partial charge in [0.1, 0.15) is 29.5 Å². The summed E-state index contributed by atoms with van der Waals surface area (Å²) in [7, 11) is 1.58. The second-order valence-electron chi connectivity index (χ2n) is 11.0. The number of rotatable bonds is 8. The number of aliphatic imine (C=N–C) groups is 1. The van der Waals surface area contributed by atoms with E-state index in [2.05, 4.69) is 26.5 Å². The summed E-state index contributed by atoms with van der Waals surface area (Å²) in [5, 5.41) is 0. The molecule has 0 N–H and O–H groups in total. The van der Waals surface area contributed by atoms with E-state index < -0.39 is 11.6 Å². The third-order valence-electron chi connectivity index (χ3n) is 7.47. The number of amidine groups is 1. The van der Waals surface area contributed by atoms with Crippen LogP contribution in [0.2, 0.25) is 0 Å². The van der Waals surface area contributed by atoms with Crippen molar-refractivity contribution in [2.45, 2.75) is 52.5 Å². The summed E-state index contributed by atoms with van der Waals surface area (Å²) < 4.78 is 30.9. The average molecular weight is 590 g/mol. The number of nitrogens with zero attached hydrogens (tertiary/aromatic N) is 7. The molecule has 2 aromatic heterocycles. The van der Waals surface area contributed by atoms with E-state index >= 15 is 4.39 Å². The minimum atomic E-state index is -0.776. The molecule has 1 atom stereocenters. The van der Waals surface area contributed by atoms with E-state index in [0.29, 0.717) is 49.0 Å². The van der Waals surface area contributed by atoms with Gasteiger partial charge in [-0.2, -0.15) is 0 Å². The Labute approximate surface area is 251 Å². The zero-order valence-corrected chi connectivity index (χ0v) is 25.4. The van der Waals surface area contributed by atoms with Crippen LogP contribution < -0.4 is 4.90 Å². The first kappa shape index (κ1) is 31.4. The van der Waals surface area contributed by atoms with Gasteiger partial charge in [0.05, 0.1) is 22.6 Å². The van der Waals surface area contributed by atoms with Crippen molar-refractivity contribution in [3.63, 3.8) is 0 Å². The molecule has 0 saturated carbocycles. The second-order valence-corrected chi connectivity index (χ2v) is 11.0. The van der Waals surface area contributed by atoms with Gasteiger partial charge < -0.3 is 9.80 Å². The summed E-state index contributed by atoms with van der Waals surface area (Å²) >= 11 is 0. The van der Waals surface area contributed by atoms with E-state index in [1.54, 1.807) is 18.0 Å². The molecule has 0 bridgehead atoms. The Kier molecular flexibility index (Phi) is 9.63. The maximum atomic E-state index is 16.0. The Hall–Kier alpha value is -4.54. The maximum Gasteiger partial charge on any atom is 0.246 e.